The van der Waals surface area contributed by atoms with Gasteiger partial charge in [0.2, 0.25) is 5.13 Å². The van der Waals surface area contributed by atoms with Crippen LogP contribution in [0.15, 0.2) is 0 Å². The molecule has 1 aliphatic rings. The number of aromatic nitrogens is 2. The fourth-order valence-electron chi connectivity index (χ4n) is 1.44. The van der Waals surface area contributed by atoms with E-state index < -0.39 is 0 Å². The van der Waals surface area contributed by atoms with Crippen molar-refractivity contribution in [1.82, 2.24) is 10.2 Å². The van der Waals surface area contributed by atoms with Crippen LogP contribution in [0.2, 0.25) is 0 Å². The van der Waals surface area contributed by atoms with Gasteiger partial charge < -0.3 is 4.90 Å². The van der Waals surface area contributed by atoms with E-state index in [-0.39, 0.29) is 0 Å². The monoisotopic (exact) mass is 201 g/mol. The van der Waals surface area contributed by atoms with Crippen molar-refractivity contribution >= 4 is 28.7 Å². The summed E-state index contributed by atoms with van der Waals surface area (Å²) in [5.41, 5.74) is 0. The second-order valence-electron chi connectivity index (χ2n) is 2.94. The molecule has 0 amide bonds. The lowest BCUT2D eigenvalue weighted by Crippen LogP contribution is -2.29. The second kappa shape index (κ2) is 3.53. The molecule has 1 aromatic heterocycles. The van der Waals surface area contributed by atoms with Crippen LogP contribution in [0.25, 0.3) is 0 Å². The number of hydrogen-bond donors (Lipinski definition) is 1. The molecule has 0 bridgehead atoms. The van der Waals surface area contributed by atoms with Crippen LogP contribution in [-0.4, -0.2) is 23.3 Å². The molecule has 66 valence electrons. The van der Waals surface area contributed by atoms with Gasteiger partial charge in [-0.1, -0.05) is 11.3 Å². The number of anilines is 1. The first kappa shape index (κ1) is 8.19. The van der Waals surface area contributed by atoms with Crippen LogP contribution in [0.1, 0.15) is 19.3 Å². The Bertz CT molecular complexity index is 298. The Labute approximate surface area is 80.4 Å². The first-order valence-corrected chi connectivity index (χ1v) is 5.39. The van der Waals surface area contributed by atoms with Crippen LogP contribution < -0.4 is 4.90 Å². The highest BCUT2D eigenvalue weighted by Crippen LogP contribution is 2.21. The molecule has 1 N–H and O–H groups in total. The molecule has 0 atom stereocenters. The molecule has 1 aliphatic heterocycles. The van der Waals surface area contributed by atoms with E-state index in [0.29, 0.717) is 0 Å². The summed E-state index contributed by atoms with van der Waals surface area (Å²) >= 11 is 6.54. The van der Waals surface area contributed by atoms with Crippen LogP contribution >= 0.6 is 23.6 Å². The number of piperidine rings is 1. The van der Waals surface area contributed by atoms with E-state index in [2.05, 4.69) is 15.1 Å². The number of H-pyrrole nitrogens is 1. The first-order valence-electron chi connectivity index (χ1n) is 4.17. The maximum atomic E-state index is 4.98. The lowest BCUT2D eigenvalue weighted by atomic mass is 10.1. The Kier molecular flexibility index (Phi) is 2.41. The van der Waals surface area contributed by atoms with Crippen molar-refractivity contribution in [3.63, 3.8) is 0 Å². The second-order valence-corrected chi connectivity index (χ2v) is 4.59. The fourth-order valence-corrected chi connectivity index (χ4v) is 2.37. The molecule has 1 saturated heterocycles. The van der Waals surface area contributed by atoms with Crippen molar-refractivity contribution in [3.05, 3.63) is 3.95 Å². The van der Waals surface area contributed by atoms with Gasteiger partial charge in [-0.3, -0.25) is 5.10 Å². The molecule has 12 heavy (non-hydrogen) atoms. The van der Waals surface area contributed by atoms with Crippen molar-refractivity contribution < 1.29 is 0 Å². The highest BCUT2D eigenvalue weighted by Gasteiger charge is 2.12. The van der Waals surface area contributed by atoms with Gasteiger partial charge in [0.1, 0.15) is 0 Å². The van der Waals surface area contributed by atoms with Gasteiger partial charge in [0.15, 0.2) is 3.95 Å². The average molecular weight is 201 g/mol. The van der Waals surface area contributed by atoms with Crippen molar-refractivity contribution in [2.45, 2.75) is 19.3 Å². The fraction of sp³-hybridized carbons (Fsp3) is 0.714. The number of hydrogen-bond acceptors (Lipinski definition) is 4. The van der Waals surface area contributed by atoms with Gasteiger partial charge in [-0.2, -0.15) is 0 Å². The number of nitrogens with zero attached hydrogens (tertiary/aromatic N) is 2. The predicted octanol–water partition coefficient (Wildman–Crippen LogP) is 2.19. The third-order valence-electron chi connectivity index (χ3n) is 2.05. The number of rotatable bonds is 1. The summed E-state index contributed by atoms with van der Waals surface area (Å²) in [6.07, 6.45) is 3.92. The zero-order valence-corrected chi connectivity index (χ0v) is 8.38. The topological polar surface area (TPSA) is 31.9 Å². The van der Waals surface area contributed by atoms with Gasteiger partial charge in [-0.15, -0.1) is 5.10 Å². The summed E-state index contributed by atoms with van der Waals surface area (Å²) in [6.45, 7) is 2.27. The van der Waals surface area contributed by atoms with E-state index in [1.165, 1.54) is 19.3 Å². The molecule has 2 rings (SSSR count). The minimum Gasteiger partial charge on any atom is -0.347 e. The molecule has 0 aliphatic carbocycles. The summed E-state index contributed by atoms with van der Waals surface area (Å²) in [7, 11) is 0. The average Bonchev–Trinajstić information content (AvgIpc) is 2.54. The number of nitrogens with one attached hydrogen (secondary N) is 1. The maximum absolute atomic E-state index is 4.98. The molecular formula is C7H11N3S2. The molecule has 1 fully saturated rings. The van der Waals surface area contributed by atoms with Crippen LogP contribution in [0.3, 0.4) is 0 Å². The number of aromatic amines is 1. The van der Waals surface area contributed by atoms with Gasteiger partial charge in [0, 0.05) is 13.1 Å². The van der Waals surface area contributed by atoms with Gasteiger partial charge in [0.25, 0.3) is 0 Å². The first-order chi connectivity index (χ1) is 5.86. The smallest absolute Gasteiger partial charge is 0.206 e. The zero-order valence-electron chi connectivity index (χ0n) is 6.75. The van der Waals surface area contributed by atoms with Gasteiger partial charge >= 0.3 is 0 Å². The molecule has 0 radical (unpaired) electrons. The van der Waals surface area contributed by atoms with Crippen LogP contribution in [-0.2, 0) is 0 Å². The van der Waals surface area contributed by atoms with Gasteiger partial charge in [-0.05, 0) is 31.5 Å². The third-order valence-corrected chi connectivity index (χ3v) is 3.20. The summed E-state index contributed by atoms with van der Waals surface area (Å²) in [5.74, 6) is 0. The zero-order chi connectivity index (χ0) is 8.39. The summed E-state index contributed by atoms with van der Waals surface area (Å²) < 4.78 is 0.774. The molecule has 3 nitrogen and oxygen atoms in total. The molecule has 0 saturated carbocycles. The van der Waals surface area contributed by atoms with Crippen molar-refractivity contribution in [2.24, 2.45) is 0 Å². The lowest BCUT2D eigenvalue weighted by Gasteiger charge is -2.25. The van der Waals surface area contributed by atoms with E-state index in [1.807, 2.05) is 0 Å². The minimum atomic E-state index is 0.774. The van der Waals surface area contributed by atoms with Gasteiger partial charge in [0.05, 0.1) is 0 Å². The summed E-state index contributed by atoms with van der Waals surface area (Å²) in [4.78, 5) is 2.31. The Morgan fingerprint density at radius 1 is 1.33 bits per heavy atom. The molecular weight excluding hydrogens is 190 g/mol. The SMILES string of the molecule is S=c1[nH]nc(N2CCCCC2)s1. The van der Waals surface area contributed by atoms with Crippen molar-refractivity contribution in [2.75, 3.05) is 18.0 Å². The molecule has 0 spiro atoms. The Morgan fingerprint density at radius 3 is 2.67 bits per heavy atom. The van der Waals surface area contributed by atoms with E-state index in [1.54, 1.807) is 11.3 Å². The Morgan fingerprint density at radius 2 is 2.08 bits per heavy atom. The summed E-state index contributed by atoms with van der Waals surface area (Å²) in [5, 5.41) is 8.02. The minimum absolute atomic E-state index is 0.774. The molecule has 5 heteroatoms. The molecule has 0 aromatic carbocycles. The van der Waals surface area contributed by atoms with E-state index >= 15 is 0 Å². The Hall–Kier alpha value is -0.420. The van der Waals surface area contributed by atoms with Crippen LogP contribution in [0.5, 0.6) is 0 Å². The maximum Gasteiger partial charge on any atom is 0.206 e. The van der Waals surface area contributed by atoms with Crippen molar-refractivity contribution in [1.29, 1.82) is 0 Å². The normalized spacial score (nSPS) is 18.2. The van der Waals surface area contributed by atoms with E-state index in [0.717, 1.165) is 22.2 Å². The van der Waals surface area contributed by atoms with Crippen molar-refractivity contribution in [3.8, 4) is 0 Å². The van der Waals surface area contributed by atoms with Crippen LogP contribution in [0.4, 0.5) is 5.13 Å². The Balaban J connectivity index is 2.13. The van der Waals surface area contributed by atoms with Gasteiger partial charge in [-0.25, -0.2) is 0 Å². The highest BCUT2D eigenvalue weighted by atomic mass is 32.1. The molecule has 0 unspecified atom stereocenters. The molecule has 1 aromatic rings. The molecule has 2 heterocycles. The van der Waals surface area contributed by atoms with Crippen LogP contribution in [0, 0.1) is 3.95 Å². The predicted molar refractivity (Wildman–Crippen MR) is 53.4 cm³/mol. The highest BCUT2D eigenvalue weighted by molar-refractivity contribution is 7.73. The standard InChI is InChI=1S/C7H11N3S2/c11-7-9-8-6(12-7)10-4-2-1-3-5-10/h1-5H2,(H,9,11). The quantitative estimate of drug-likeness (QED) is 0.707. The van der Waals surface area contributed by atoms with E-state index in [4.69, 9.17) is 12.2 Å². The lowest BCUT2D eigenvalue weighted by molar-refractivity contribution is 0.575. The third kappa shape index (κ3) is 1.67. The van der Waals surface area contributed by atoms with E-state index in [9.17, 15) is 0 Å². The summed E-state index contributed by atoms with van der Waals surface area (Å²) in [6, 6.07) is 0. The largest absolute Gasteiger partial charge is 0.347 e.